The second-order valence-corrected chi connectivity index (χ2v) is 24.0. The number of oxazole rings is 1. The highest BCUT2D eigenvalue weighted by atomic mass is 16.3. The molecule has 1 aromatic carbocycles. The van der Waals surface area contributed by atoms with Gasteiger partial charge >= 0.3 is 0 Å². The van der Waals surface area contributed by atoms with Gasteiger partial charge in [0.05, 0.1) is 0 Å². The molecule has 5 atom stereocenters. The molecule has 2 rings (SSSR count). The number of likely N-dealkylation sites (N-methyl/N-ethyl adjacent to an activating group) is 1. The maximum absolute atomic E-state index is 14.4. The molecule has 0 aliphatic rings. The van der Waals surface area contributed by atoms with Crippen molar-refractivity contribution in [1.29, 1.82) is 0 Å². The molecule has 0 aliphatic heterocycles. The number of carbonyl (C=O) groups excluding carboxylic acids is 9. The van der Waals surface area contributed by atoms with Gasteiger partial charge in [-0.1, -0.05) is 105 Å². The van der Waals surface area contributed by atoms with Crippen LogP contribution in [0.2, 0.25) is 0 Å². The van der Waals surface area contributed by atoms with Crippen molar-refractivity contribution in [3.05, 3.63) is 36.6 Å². The van der Waals surface area contributed by atoms with E-state index in [0.29, 0.717) is 24.9 Å². The lowest BCUT2D eigenvalue weighted by atomic mass is 9.96. The Bertz CT molecular complexity index is 2300. The monoisotopic (exact) mass is 1110 g/mol. The first-order valence-corrected chi connectivity index (χ1v) is 28.2. The van der Waals surface area contributed by atoms with Crippen molar-refractivity contribution < 1.29 is 47.6 Å². The van der Waals surface area contributed by atoms with Crippen LogP contribution in [0.3, 0.4) is 0 Å². The third-order valence-corrected chi connectivity index (χ3v) is 13.1. The maximum atomic E-state index is 14.4. The highest BCUT2D eigenvalue weighted by molar-refractivity contribution is 6.00. The third kappa shape index (κ3) is 24.3. The van der Waals surface area contributed by atoms with E-state index in [1.54, 1.807) is 0 Å². The van der Waals surface area contributed by atoms with Gasteiger partial charge in [0.25, 0.3) is 0 Å². The summed E-state index contributed by atoms with van der Waals surface area (Å²) in [5.74, 6) is -4.69. The average Bonchev–Trinajstić information content (AvgIpc) is 3.85. The van der Waals surface area contributed by atoms with Crippen molar-refractivity contribution >= 4 is 59.5 Å². The minimum absolute atomic E-state index is 0.0302. The van der Waals surface area contributed by atoms with Crippen molar-refractivity contribution in [2.45, 2.75) is 214 Å². The highest BCUT2D eigenvalue weighted by Gasteiger charge is 2.41. The van der Waals surface area contributed by atoms with Crippen LogP contribution >= 0.6 is 0 Å². The Kier molecular flexibility index (Phi) is 28.4. The molecule has 0 radical (unpaired) electrons. The number of unbranched alkanes of at least 4 members (excludes halogenated alkanes) is 5. The van der Waals surface area contributed by atoms with Gasteiger partial charge in [0, 0.05) is 31.1 Å². The second kappa shape index (κ2) is 32.6. The largest absolute Gasteiger partial charge is 0.442 e. The maximum Gasteiger partial charge on any atom is 0.246 e. The zero-order valence-electron chi connectivity index (χ0n) is 50.3. The molecule has 21 heteroatoms. The Labute approximate surface area is 470 Å². The van der Waals surface area contributed by atoms with E-state index in [1.807, 2.05) is 97.8 Å². The number of nitrogens with zero attached hydrogens (tertiary/aromatic N) is 3. The van der Waals surface area contributed by atoms with Gasteiger partial charge in [-0.05, 0) is 118 Å². The summed E-state index contributed by atoms with van der Waals surface area (Å²) in [7, 11) is 3.80. The van der Waals surface area contributed by atoms with Gasteiger partial charge in [-0.2, -0.15) is 4.98 Å². The lowest BCUT2D eigenvalue weighted by Crippen LogP contribution is -2.65. The first kappa shape index (κ1) is 68.7. The van der Waals surface area contributed by atoms with E-state index in [1.165, 1.54) is 52.7 Å². The smallest absolute Gasteiger partial charge is 0.246 e. The fourth-order valence-electron chi connectivity index (χ4n) is 8.74. The summed E-state index contributed by atoms with van der Waals surface area (Å²) in [5.41, 5.74) is -3.98. The molecule has 2 aromatic rings. The predicted molar refractivity (Wildman–Crippen MR) is 307 cm³/mol. The number of hydrogen-bond acceptors (Lipinski definition) is 12. The number of anilines is 1. The van der Waals surface area contributed by atoms with E-state index in [4.69, 9.17) is 4.42 Å². The fraction of sp³-hybridized carbons (Fsp3) is 0.690. The number of aromatic nitrogens is 1. The topological polar surface area (TPSA) is 282 Å². The molecule has 79 heavy (non-hydrogen) atoms. The standard InChI is InChI=1S/C58H97N11O10/c1-17-18-19-20-21-25-28-45(69(36-70)46-35-79-52(64-46)41-26-23-22-24-27-41)51(75)62-44(33-39(6)7)50(74)65-57(11,12)54(77)63-42(31-37(2)3)48(72)61-43(32-38(4)5)49(73)66-58(13,14)55(78)67-56(9,10)53(76)59-30-29-47(71)60-40(8)34-68(15)16/h22-24,26-27,35-40,42-45H,17-21,25,28-34H2,1-16H3,(H,59,76)(H,60,71)(H,61,72)(H,62,75)(H,63,77)(H,65,74)(H,66,73)(H,67,78)/t40-,42-,43-,44-,45-/m0/s1. The van der Waals surface area contributed by atoms with Crippen molar-refractivity contribution in [3.63, 3.8) is 0 Å². The van der Waals surface area contributed by atoms with Gasteiger partial charge in [0.2, 0.25) is 59.6 Å². The van der Waals surface area contributed by atoms with Gasteiger partial charge in [-0.3, -0.25) is 48.1 Å². The first-order chi connectivity index (χ1) is 36.8. The van der Waals surface area contributed by atoms with Crippen LogP contribution in [-0.2, 0) is 43.2 Å². The SMILES string of the molecule is CCCCCCCC[C@@H](C(=O)N[C@@H](CC(C)C)C(=O)NC(C)(C)C(=O)N[C@@H](CC(C)C)C(=O)N[C@@H](CC(C)C)C(=O)NC(C)(C)C(=O)NC(C)(C)C(=O)NCCC(=O)N[C@@H](C)CN(C)C)N(C=O)c1coc(-c2ccccc2)n1. The van der Waals surface area contributed by atoms with Gasteiger partial charge in [-0.15, -0.1) is 0 Å². The molecule has 1 heterocycles. The molecule has 444 valence electrons. The fourth-order valence-corrected chi connectivity index (χ4v) is 8.74. The Morgan fingerprint density at radius 2 is 1.10 bits per heavy atom. The van der Waals surface area contributed by atoms with Crippen LogP contribution in [0.15, 0.2) is 41.0 Å². The van der Waals surface area contributed by atoms with Crippen LogP contribution in [0.5, 0.6) is 0 Å². The number of rotatable bonds is 36. The summed E-state index contributed by atoms with van der Waals surface area (Å²) in [6.45, 7) is 24.8. The summed E-state index contributed by atoms with van der Waals surface area (Å²) < 4.78 is 5.74. The van der Waals surface area contributed by atoms with E-state index in [9.17, 15) is 43.2 Å². The molecule has 8 N–H and O–H groups in total. The van der Waals surface area contributed by atoms with Gasteiger partial charge in [-0.25, -0.2) is 0 Å². The van der Waals surface area contributed by atoms with Crippen LogP contribution in [-0.4, -0.2) is 138 Å². The normalized spacial score (nSPS) is 13.9. The second-order valence-electron chi connectivity index (χ2n) is 24.0. The van der Waals surface area contributed by atoms with Crippen LogP contribution in [0, 0.1) is 17.8 Å². The van der Waals surface area contributed by atoms with E-state index < -0.39 is 82.1 Å². The van der Waals surface area contributed by atoms with E-state index in [-0.39, 0.29) is 80.1 Å². The van der Waals surface area contributed by atoms with Crippen LogP contribution in [0.4, 0.5) is 5.82 Å². The number of amides is 9. The van der Waals surface area contributed by atoms with Crippen molar-refractivity contribution in [1.82, 2.24) is 52.4 Å². The molecule has 1 aromatic heterocycles. The molecule has 21 nitrogen and oxygen atoms in total. The summed E-state index contributed by atoms with van der Waals surface area (Å²) in [6, 6.07) is 4.53. The Morgan fingerprint density at radius 1 is 0.608 bits per heavy atom. The summed E-state index contributed by atoms with van der Waals surface area (Å²) >= 11 is 0. The molecule has 0 saturated carbocycles. The van der Waals surface area contributed by atoms with E-state index in [0.717, 1.165) is 32.1 Å². The van der Waals surface area contributed by atoms with E-state index >= 15 is 0 Å². The molecule has 9 amide bonds. The number of hydrogen-bond donors (Lipinski definition) is 8. The summed E-state index contributed by atoms with van der Waals surface area (Å²) in [6.07, 6.45) is 8.27. The summed E-state index contributed by atoms with van der Waals surface area (Å²) in [5, 5.41) is 22.2. The molecule has 0 aliphatic carbocycles. The molecular formula is C58H97N11O10. The minimum atomic E-state index is -1.64. The highest BCUT2D eigenvalue weighted by Crippen LogP contribution is 2.25. The first-order valence-electron chi connectivity index (χ1n) is 28.2. The average molecular weight is 1110 g/mol. The minimum Gasteiger partial charge on any atom is -0.442 e. The molecule has 0 bridgehead atoms. The van der Waals surface area contributed by atoms with Gasteiger partial charge in [0.1, 0.15) is 47.0 Å². The Hall–Kier alpha value is -6.38. The zero-order chi connectivity index (χ0) is 59.8. The zero-order valence-corrected chi connectivity index (χ0v) is 50.3. The lowest BCUT2D eigenvalue weighted by molar-refractivity contribution is -0.139. The Morgan fingerprint density at radius 3 is 1.62 bits per heavy atom. The lowest BCUT2D eigenvalue weighted by Gasteiger charge is -2.34. The van der Waals surface area contributed by atoms with Gasteiger partial charge in [0.15, 0.2) is 5.82 Å². The third-order valence-electron chi connectivity index (χ3n) is 13.1. The molecule has 0 spiro atoms. The predicted octanol–water partition coefficient (Wildman–Crippen LogP) is 5.27. The van der Waals surface area contributed by atoms with Crippen molar-refractivity contribution in [3.8, 4) is 11.5 Å². The number of nitrogens with one attached hydrogen (secondary N) is 8. The Balaban J connectivity index is 2.27. The number of carbonyl (C=O) groups is 9. The van der Waals surface area contributed by atoms with Crippen molar-refractivity contribution in [2.24, 2.45) is 17.8 Å². The van der Waals surface area contributed by atoms with Crippen LogP contribution < -0.4 is 47.4 Å². The molecular weight excluding hydrogens is 1010 g/mol. The van der Waals surface area contributed by atoms with Gasteiger partial charge < -0.3 is 51.9 Å². The van der Waals surface area contributed by atoms with Crippen LogP contribution in [0.1, 0.15) is 168 Å². The quantitative estimate of drug-likeness (QED) is 0.0320. The van der Waals surface area contributed by atoms with E-state index in [2.05, 4.69) is 54.4 Å². The van der Waals surface area contributed by atoms with Crippen molar-refractivity contribution in [2.75, 3.05) is 32.1 Å². The molecule has 0 saturated heterocycles. The van der Waals surface area contributed by atoms with Crippen LogP contribution in [0.25, 0.3) is 11.5 Å². The molecule has 0 unspecified atom stereocenters. The number of benzene rings is 1. The summed E-state index contributed by atoms with van der Waals surface area (Å²) in [4.78, 5) is 131. The molecule has 0 fully saturated rings.